The van der Waals surface area contributed by atoms with Gasteiger partial charge in [-0.15, -0.1) is 0 Å². The first-order chi connectivity index (χ1) is 7.83. The van der Waals surface area contributed by atoms with Crippen LogP contribution in [0.5, 0.6) is 0 Å². The Morgan fingerprint density at radius 1 is 1.19 bits per heavy atom. The number of hydrogen-bond donors (Lipinski definition) is 1. The van der Waals surface area contributed by atoms with E-state index in [2.05, 4.69) is 39.0 Å². The SMILES string of the molecule is Cc1cccc(-c2ncc3[nH]cnc3n2)c1. The van der Waals surface area contributed by atoms with Gasteiger partial charge in [0.05, 0.1) is 12.5 Å². The summed E-state index contributed by atoms with van der Waals surface area (Å²) in [4.78, 5) is 15.8. The van der Waals surface area contributed by atoms with E-state index in [1.807, 2.05) is 12.1 Å². The standard InChI is InChI=1S/C12H10N4/c1-8-3-2-4-9(5-8)11-13-6-10-12(16-11)15-7-14-10/h2-7H,1H3,(H,13,14,15,16). The minimum absolute atomic E-state index is 0.700. The van der Waals surface area contributed by atoms with E-state index in [9.17, 15) is 0 Å². The largest absolute Gasteiger partial charge is 0.342 e. The summed E-state index contributed by atoms with van der Waals surface area (Å²) in [5, 5.41) is 0. The molecule has 1 N–H and O–H groups in total. The van der Waals surface area contributed by atoms with Crippen molar-refractivity contribution in [2.24, 2.45) is 0 Å². The summed E-state index contributed by atoms with van der Waals surface area (Å²) >= 11 is 0. The molecule has 0 spiro atoms. The lowest BCUT2D eigenvalue weighted by Crippen LogP contribution is -1.89. The van der Waals surface area contributed by atoms with Crippen molar-refractivity contribution in [3.63, 3.8) is 0 Å². The summed E-state index contributed by atoms with van der Waals surface area (Å²) < 4.78 is 0. The Balaban J connectivity index is 2.18. The highest BCUT2D eigenvalue weighted by Crippen LogP contribution is 2.17. The fourth-order valence-electron chi connectivity index (χ4n) is 1.66. The minimum atomic E-state index is 0.700. The van der Waals surface area contributed by atoms with Crippen LogP contribution in [0.2, 0.25) is 0 Å². The number of aromatic nitrogens is 4. The number of nitrogens with zero attached hydrogens (tertiary/aromatic N) is 3. The quantitative estimate of drug-likeness (QED) is 0.670. The van der Waals surface area contributed by atoms with Gasteiger partial charge in [0.15, 0.2) is 11.5 Å². The van der Waals surface area contributed by atoms with Crippen LogP contribution in [0.25, 0.3) is 22.6 Å². The molecule has 0 aliphatic carbocycles. The topological polar surface area (TPSA) is 54.5 Å². The molecule has 78 valence electrons. The predicted molar refractivity (Wildman–Crippen MR) is 61.9 cm³/mol. The zero-order valence-electron chi connectivity index (χ0n) is 8.81. The highest BCUT2D eigenvalue weighted by atomic mass is 15.0. The first kappa shape index (κ1) is 9.03. The smallest absolute Gasteiger partial charge is 0.181 e. The van der Waals surface area contributed by atoms with Crippen LogP contribution < -0.4 is 0 Å². The van der Waals surface area contributed by atoms with Crippen LogP contribution in [-0.4, -0.2) is 19.9 Å². The predicted octanol–water partition coefficient (Wildman–Crippen LogP) is 2.33. The molecule has 4 nitrogen and oxygen atoms in total. The van der Waals surface area contributed by atoms with Gasteiger partial charge >= 0.3 is 0 Å². The molecule has 2 heterocycles. The van der Waals surface area contributed by atoms with Crippen LogP contribution in [-0.2, 0) is 0 Å². The molecule has 4 heteroatoms. The van der Waals surface area contributed by atoms with Crippen molar-refractivity contribution in [1.82, 2.24) is 19.9 Å². The van der Waals surface area contributed by atoms with E-state index in [0.717, 1.165) is 11.1 Å². The summed E-state index contributed by atoms with van der Waals surface area (Å²) in [5.41, 5.74) is 3.77. The maximum absolute atomic E-state index is 4.39. The Labute approximate surface area is 92.4 Å². The van der Waals surface area contributed by atoms with Crippen LogP contribution in [0.15, 0.2) is 36.8 Å². The van der Waals surface area contributed by atoms with Crippen molar-refractivity contribution in [2.75, 3.05) is 0 Å². The van der Waals surface area contributed by atoms with Gasteiger partial charge in [-0.25, -0.2) is 15.0 Å². The Morgan fingerprint density at radius 2 is 2.12 bits per heavy atom. The zero-order valence-corrected chi connectivity index (χ0v) is 8.81. The van der Waals surface area contributed by atoms with E-state index in [-0.39, 0.29) is 0 Å². The molecule has 0 fully saturated rings. The van der Waals surface area contributed by atoms with Crippen molar-refractivity contribution in [2.45, 2.75) is 6.92 Å². The maximum atomic E-state index is 4.39. The van der Waals surface area contributed by atoms with Gasteiger partial charge in [0.1, 0.15) is 5.52 Å². The molecule has 0 amide bonds. The molecule has 0 bridgehead atoms. The number of rotatable bonds is 1. The van der Waals surface area contributed by atoms with Crippen LogP contribution in [0, 0.1) is 6.92 Å². The molecule has 3 rings (SSSR count). The van der Waals surface area contributed by atoms with Crippen LogP contribution in [0.3, 0.4) is 0 Å². The van der Waals surface area contributed by atoms with Crippen LogP contribution in [0.4, 0.5) is 0 Å². The van der Waals surface area contributed by atoms with Gasteiger partial charge in [0, 0.05) is 5.56 Å². The number of nitrogens with one attached hydrogen (secondary N) is 1. The second kappa shape index (κ2) is 3.41. The van der Waals surface area contributed by atoms with E-state index in [1.54, 1.807) is 12.5 Å². The Kier molecular flexibility index (Phi) is 1.93. The highest BCUT2D eigenvalue weighted by molar-refractivity contribution is 5.71. The third kappa shape index (κ3) is 1.44. The molecule has 3 aromatic rings. The van der Waals surface area contributed by atoms with Gasteiger partial charge in [-0.3, -0.25) is 0 Å². The van der Waals surface area contributed by atoms with E-state index < -0.39 is 0 Å². The van der Waals surface area contributed by atoms with Crippen molar-refractivity contribution in [1.29, 1.82) is 0 Å². The summed E-state index contributed by atoms with van der Waals surface area (Å²) in [6.07, 6.45) is 3.38. The van der Waals surface area contributed by atoms with Gasteiger partial charge in [-0.2, -0.15) is 0 Å². The third-order valence-electron chi connectivity index (χ3n) is 2.45. The van der Waals surface area contributed by atoms with E-state index >= 15 is 0 Å². The lowest BCUT2D eigenvalue weighted by atomic mass is 10.1. The fourth-order valence-corrected chi connectivity index (χ4v) is 1.66. The first-order valence-electron chi connectivity index (χ1n) is 5.06. The number of benzene rings is 1. The van der Waals surface area contributed by atoms with Gasteiger partial charge in [0.2, 0.25) is 0 Å². The summed E-state index contributed by atoms with van der Waals surface area (Å²) in [7, 11) is 0. The van der Waals surface area contributed by atoms with E-state index in [1.165, 1.54) is 5.56 Å². The third-order valence-corrected chi connectivity index (χ3v) is 2.45. The lowest BCUT2D eigenvalue weighted by Gasteiger charge is -2.00. The Hall–Kier alpha value is -2.23. The number of hydrogen-bond acceptors (Lipinski definition) is 3. The highest BCUT2D eigenvalue weighted by Gasteiger charge is 2.04. The van der Waals surface area contributed by atoms with Crippen molar-refractivity contribution >= 4 is 11.2 Å². The Morgan fingerprint density at radius 3 is 3.00 bits per heavy atom. The first-order valence-corrected chi connectivity index (χ1v) is 5.06. The molecule has 0 atom stereocenters. The molecule has 16 heavy (non-hydrogen) atoms. The summed E-state index contributed by atoms with van der Waals surface area (Å²) in [6.45, 7) is 2.05. The van der Waals surface area contributed by atoms with E-state index in [0.29, 0.717) is 11.5 Å². The molecule has 0 unspecified atom stereocenters. The summed E-state index contributed by atoms with van der Waals surface area (Å²) in [5.74, 6) is 0.711. The molecule has 0 saturated carbocycles. The van der Waals surface area contributed by atoms with E-state index in [4.69, 9.17) is 0 Å². The molecule has 0 aliphatic rings. The molecule has 0 saturated heterocycles. The lowest BCUT2D eigenvalue weighted by molar-refractivity contribution is 1.20. The zero-order chi connectivity index (χ0) is 11.0. The monoisotopic (exact) mass is 210 g/mol. The molecule has 0 radical (unpaired) electrons. The van der Waals surface area contributed by atoms with Crippen molar-refractivity contribution in [3.05, 3.63) is 42.4 Å². The molecule has 0 aliphatic heterocycles. The average molecular weight is 210 g/mol. The van der Waals surface area contributed by atoms with Gasteiger partial charge in [-0.05, 0) is 13.0 Å². The number of imidazole rings is 1. The van der Waals surface area contributed by atoms with Crippen LogP contribution >= 0.6 is 0 Å². The number of aromatic amines is 1. The second-order valence-electron chi connectivity index (χ2n) is 3.70. The van der Waals surface area contributed by atoms with Gasteiger partial charge in [-0.1, -0.05) is 23.8 Å². The normalized spacial score (nSPS) is 10.8. The molecule has 1 aromatic carbocycles. The number of fused-ring (bicyclic) bond motifs is 1. The molecular formula is C12H10N4. The maximum Gasteiger partial charge on any atom is 0.181 e. The van der Waals surface area contributed by atoms with Gasteiger partial charge < -0.3 is 4.98 Å². The number of H-pyrrole nitrogens is 1. The molecular weight excluding hydrogens is 200 g/mol. The number of aryl methyl sites for hydroxylation is 1. The van der Waals surface area contributed by atoms with Gasteiger partial charge in [0.25, 0.3) is 0 Å². The summed E-state index contributed by atoms with van der Waals surface area (Å²) in [6, 6.07) is 8.12. The van der Waals surface area contributed by atoms with Crippen LogP contribution in [0.1, 0.15) is 5.56 Å². The van der Waals surface area contributed by atoms with Crippen molar-refractivity contribution < 1.29 is 0 Å². The second-order valence-corrected chi connectivity index (χ2v) is 3.70. The fraction of sp³-hybridized carbons (Fsp3) is 0.0833. The van der Waals surface area contributed by atoms with Crippen molar-refractivity contribution in [3.8, 4) is 11.4 Å². The Bertz CT molecular complexity index is 642. The average Bonchev–Trinajstić information content (AvgIpc) is 2.75. The molecule has 2 aromatic heterocycles. The minimum Gasteiger partial charge on any atom is -0.342 e.